The summed E-state index contributed by atoms with van der Waals surface area (Å²) in [6.07, 6.45) is 0. The van der Waals surface area contributed by atoms with Crippen LogP contribution in [0.2, 0.25) is 0 Å². The molecule has 3 nitrogen and oxygen atoms in total. The van der Waals surface area contributed by atoms with Gasteiger partial charge in [0.05, 0.1) is 0 Å². The van der Waals surface area contributed by atoms with Crippen molar-refractivity contribution >= 4 is 34.8 Å². The Kier molecular flexibility index (Phi) is 4.58. The molecule has 104 valence electrons. The number of alkyl halides is 2. The number of benzene rings is 1. The summed E-state index contributed by atoms with van der Waals surface area (Å²) in [4.78, 5) is 14.8. The number of aryl methyl sites for hydroxylation is 1. The van der Waals surface area contributed by atoms with Crippen molar-refractivity contribution in [1.82, 2.24) is 4.90 Å². The average Bonchev–Trinajstić information content (AvgIpc) is 2.41. The van der Waals surface area contributed by atoms with E-state index in [0.717, 1.165) is 13.1 Å². The number of carbonyl (C=O) groups is 1. The molecule has 0 radical (unpaired) electrons. The Labute approximate surface area is 124 Å². The lowest BCUT2D eigenvalue weighted by Gasteiger charge is -2.37. The fraction of sp³-hybridized carbons (Fsp3) is 0.500. The van der Waals surface area contributed by atoms with E-state index in [-0.39, 0.29) is 5.91 Å². The van der Waals surface area contributed by atoms with Crippen LogP contribution in [0.5, 0.6) is 0 Å². The van der Waals surface area contributed by atoms with Crippen LogP contribution in [-0.4, -0.2) is 41.8 Å². The maximum Gasteiger partial charge on any atom is 0.255 e. The highest BCUT2D eigenvalue weighted by Crippen LogP contribution is 2.24. The van der Waals surface area contributed by atoms with Crippen molar-refractivity contribution in [3.05, 3.63) is 29.3 Å². The van der Waals surface area contributed by atoms with Crippen molar-refractivity contribution in [2.24, 2.45) is 0 Å². The molecule has 1 fully saturated rings. The first kappa shape index (κ1) is 14.5. The van der Waals surface area contributed by atoms with Gasteiger partial charge in [0.2, 0.25) is 0 Å². The first-order chi connectivity index (χ1) is 9.00. The Balaban J connectivity index is 2.04. The predicted octanol–water partition coefficient (Wildman–Crippen LogP) is 2.76. The van der Waals surface area contributed by atoms with Gasteiger partial charge >= 0.3 is 0 Å². The summed E-state index contributed by atoms with van der Waals surface area (Å²) in [6, 6.07) is 6.32. The van der Waals surface area contributed by atoms with Crippen molar-refractivity contribution in [2.45, 2.75) is 18.7 Å². The smallest absolute Gasteiger partial charge is 0.255 e. The Morgan fingerprint density at radius 2 is 1.79 bits per heavy atom. The molecule has 0 saturated carbocycles. The van der Waals surface area contributed by atoms with Crippen molar-refractivity contribution in [3.63, 3.8) is 0 Å². The van der Waals surface area contributed by atoms with Crippen molar-refractivity contribution in [1.29, 1.82) is 0 Å². The van der Waals surface area contributed by atoms with Gasteiger partial charge in [-0.05, 0) is 31.0 Å². The molecule has 1 amide bonds. The molecule has 1 aromatic rings. The van der Waals surface area contributed by atoms with Crippen molar-refractivity contribution in [2.75, 3.05) is 31.1 Å². The number of hydrogen-bond acceptors (Lipinski definition) is 2. The lowest BCUT2D eigenvalue weighted by atomic mass is 10.1. The topological polar surface area (TPSA) is 23.6 Å². The minimum atomic E-state index is -0.952. The van der Waals surface area contributed by atoms with Gasteiger partial charge in [0.15, 0.2) is 4.84 Å². The summed E-state index contributed by atoms with van der Waals surface area (Å²) >= 11 is 11.2. The van der Waals surface area contributed by atoms with Crippen LogP contribution in [0.1, 0.15) is 11.1 Å². The van der Waals surface area contributed by atoms with Crippen LogP contribution in [0.4, 0.5) is 5.69 Å². The number of nitrogens with zero attached hydrogens (tertiary/aromatic N) is 2. The van der Waals surface area contributed by atoms with Gasteiger partial charge in [-0.3, -0.25) is 4.79 Å². The van der Waals surface area contributed by atoms with E-state index >= 15 is 0 Å². The monoisotopic (exact) mass is 300 g/mol. The molecule has 5 heteroatoms. The van der Waals surface area contributed by atoms with Gasteiger partial charge in [-0.1, -0.05) is 35.3 Å². The first-order valence-electron chi connectivity index (χ1n) is 6.39. The number of halogens is 2. The number of amides is 1. The zero-order valence-electron chi connectivity index (χ0n) is 11.2. The number of piperazine rings is 1. The highest BCUT2D eigenvalue weighted by Gasteiger charge is 2.25. The fourth-order valence-corrected chi connectivity index (χ4v) is 2.66. The van der Waals surface area contributed by atoms with E-state index in [1.807, 2.05) is 0 Å². The van der Waals surface area contributed by atoms with Crippen LogP contribution >= 0.6 is 23.2 Å². The second-order valence-electron chi connectivity index (χ2n) is 4.83. The number of carbonyl (C=O) groups excluding carboxylic acids is 1. The van der Waals surface area contributed by atoms with Gasteiger partial charge in [-0.25, -0.2) is 0 Å². The van der Waals surface area contributed by atoms with Crippen LogP contribution in [0.15, 0.2) is 18.2 Å². The highest BCUT2D eigenvalue weighted by atomic mass is 35.5. The molecule has 0 aromatic heterocycles. The predicted molar refractivity (Wildman–Crippen MR) is 80.2 cm³/mol. The third-order valence-electron chi connectivity index (χ3n) is 3.69. The maximum atomic E-state index is 11.7. The second-order valence-corrected chi connectivity index (χ2v) is 5.93. The summed E-state index contributed by atoms with van der Waals surface area (Å²) in [7, 11) is 0. The molecular formula is C14H18Cl2N2O. The van der Waals surface area contributed by atoms with E-state index in [0.29, 0.717) is 13.1 Å². The highest BCUT2D eigenvalue weighted by molar-refractivity contribution is 6.53. The summed E-state index contributed by atoms with van der Waals surface area (Å²) in [5.74, 6) is -0.191. The zero-order chi connectivity index (χ0) is 14.0. The summed E-state index contributed by atoms with van der Waals surface area (Å²) < 4.78 is 0. The van der Waals surface area contributed by atoms with Gasteiger partial charge in [0.1, 0.15) is 0 Å². The lowest BCUT2D eigenvalue weighted by Crippen LogP contribution is -2.50. The minimum Gasteiger partial charge on any atom is -0.368 e. The number of rotatable bonds is 2. The van der Waals surface area contributed by atoms with Gasteiger partial charge in [-0.2, -0.15) is 0 Å². The van der Waals surface area contributed by atoms with Crippen molar-refractivity contribution in [3.8, 4) is 0 Å². The van der Waals surface area contributed by atoms with E-state index in [1.54, 1.807) is 4.90 Å². The largest absolute Gasteiger partial charge is 0.368 e. The standard InChI is InChI=1S/C14H18Cl2N2O/c1-10-4-3-5-12(11(10)2)17-6-8-18(9-7-17)14(19)13(15)16/h3-5,13H,6-9H2,1-2H3. The molecule has 1 saturated heterocycles. The molecule has 0 atom stereocenters. The Morgan fingerprint density at radius 1 is 1.16 bits per heavy atom. The van der Waals surface area contributed by atoms with E-state index in [9.17, 15) is 4.79 Å². The third-order valence-corrected chi connectivity index (χ3v) is 4.07. The molecule has 0 spiro atoms. The number of hydrogen-bond donors (Lipinski definition) is 0. The van der Waals surface area contributed by atoms with Crippen LogP contribution in [0.3, 0.4) is 0 Å². The molecule has 19 heavy (non-hydrogen) atoms. The van der Waals surface area contributed by atoms with E-state index in [2.05, 4.69) is 36.9 Å². The van der Waals surface area contributed by atoms with Crippen LogP contribution in [0.25, 0.3) is 0 Å². The fourth-order valence-electron chi connectivity index (χ4n) is 2.38. The Bertz CT molecular complexity index is 469. The quantitative estimate of drug-likeness (QED) is 0.784. The normalized spacial score (nSPS) is 16.1. The summed E-state index contributed by atoms with van der Waals surface area (Å²) in [6.45, 7) is 7.22. The molecule has 2 rings (SSSR count). The van der Waals surface area contributed by atoms with Crippen LogP contribution < -0.4 is 4.90 Å². The lowest BCUT2D eigenvalue weighted by molar-refractivity contribution is -0.129. The molecule has 1 aromatic carbocycles. The maximum absolute atomic E-state index is 11.7. The Morgan fingerprint density at radius 3 is 2.37 bits per heavy atom. The Hall–Kier alpha value is -0.930. The molecule has 1 aliphatic heterocycles. The molecular weight excluding hydrogens is 283 g/mol. The van der Waals surface area contributed by atoms with Gasteiger partial charge < -0.3 is 9.80 Å². The summed E-state index contributed by atoms with van der Waals surface area (Å²) in [5, 5.41) is 0. The van der Waals surface area contributed by atoms with Gasteiger partial charge in [0, 0.05) is 31.9 Å². The summed E-state index contributed by atoms with van der Waals surface area (Å²) in [5.41, 5.74) is 3.84. The SMILES string of the molecule is Cc1cccc(N2CCN(C(=O)C(Cl)Cl)CC2)c1C. The van der Waals surface area contributed by atoms with Crippen molar-refractivity contribution < 1.29 is 4.79 Å². The molecule has 1 aliphatic rings. The number of anilines is 1. The molecule has 0 aliphatic carbocycles. The second kappa shape index (κ2) is 6.02. The molecule has 0 bridgehead atoms. The van der Waals surface area contributed by atoms with E-state index in [4.69, 9.17) is 23.2 Å². The molecule has 1 heterocycles. The third kappa shape index (κ3) is 3.15. The van der Waals surface area contributed by atoms with Gasteiger partial charge in [-0.15, -0.1) is 0 Å². The zero-order valence-corrected chi connectivity index (χ0v) is 12.7. The average molecular weight is 301 g/mol. The first-order valence-corrected chi connectivity index (χ1v) is 7.26. The molecule has 0 N–H and O–H groups in total. The van der Waals surface area contributed by atoms with E-state index < -0.39 is 4.84 Å². The van der Waals surface area contributed by atoms with Crippen LogP contribution in [0, 0.1) is 13.8 Å². The minimum absolute atomic E-state index is 0.191. The van der Waals surface area contributed by atoms with Crippen LogP contribution in [-0.2, 0) is 4.79 Å². The van der Waals surface area contributed by atoms with Gasteiger partial charge in [0.25, 0.3) is 5.91 Å². The van der Waals surface area contributed by atoms with E-state index in [1.165, 1.54) is 16.8 Å². The molecule has 0 unspecified atom stereocenters.